The lowest BCUT2D eigenvalue weighted by atomic mass is 9.90. The van der Waals surface area contributed by atoms with Gasteiger partial charge in [0, 0.05) is 0 Å². The van der Waals surface area contributed by atoms with Gasteiger partial charge >= 0.3 is 0 Å². The summed E-state index contributed by atoms with van der Waals surface area (Å²) in [6.07, 6.45) is 8.54. The van der Waals surface area contributed by atoms with Crippen LogP contribution in [0.3, 0.4) is 0 Å². The zero-order chi connectivity index (χ0) is 37.5. The van der Waals surface area contributed by atoms with Gasteiger partial charge < -0.3 is 0 Å². The monoisotopic (exact) mass is 690 g/mol. The number of rotatable bonds is 12. The highest BCUT2D eigenvalue weighted by Crippen LogP contribution is 2.35. The Hall–Kier alpha value is -5.70. The topological polar surface area (TPSA) is 47.6 Å². The maximum atomic E-state index is 9.33. The Morgan fingerprint density at radius 1 is 0.358 bits per heavy atom. The second-order valence-corrected chi connectivity index (χ2v) is 14.9. The molecule has 0 fully saturated rings. The second-order valence-electron chi connectivity index (χ2n) is 14.9. The third-order valence-electron chi connectivity index (χ3n) is 10.8. The molecule has 6 aromatic rings. The third-order valence-corrected chi connectivity index (χ3v) is 10.8. The molecule has 6 aromatic carbocycles. The molecule has 0 aromatic heterocycles. The fourth-order valence-corrected chi connectivity index (χ4v) is 8.14. The van der Waals surface area contributed by atoms with Crippen LogP contribution < -0.4 is 0 Å². The Kier molecular flexibility index (Phi) is 11.7. The lowest BCUT2D eigenvalue weighted by Gasteiger charge is -2.14. The van der Waals surface area contributed by atoms with Crippen molar-refractivity contribution in [1.82, 2.24) is 0 Å². The highest BCUT2D eigenvalue weighted by molar-refractivity contribution is 5.78. The van der Waals surface area contributed by atoms with E-state index in [1.165, 1.54) is 98.9 Å². The summed E-state index contributed by atoms with van der Waals surface area (Å²) in [7, 11) is 0. The number of unbranched alkanes of at least 4 members (excludes halogenated alkanes) is 4. The lowest BCUT2D eigenvalue weighted by Crippen LogP contribution is -1.93. The van der Waals surface area contributed by atoms with Crippen LogP contribution in [0.2, 0.25) is 0 Å². The summed E-state index contributed by atoms with van der Waals surface area (Å²) in [5, 5.41) is 18.7. The van der Waals surface area contributed by atoms with E-state index < -0.39 is 0 Å². The molecule has 0 saturated carbocycles. The van der Waals surface area contributed by atoms with E-state index in [0.29, 0.717) is 0 Å². The molecular formula is C51H50N2. The van der Waals surface area contributed by atoms with Crippen molar-refractivity contribution in [2.45, 2.75) is 86.5 Å². The number of hydrogen-bond acceptors (Lipinski definition) is 2. The Morgan fingerprint density at radius 3 is 1.00 bits per heavy atom. The van der Waals surface area contributed by atoms with E-state index in [-0.39, 0.29) is 0 Å². The minimum Gasteiger partial charge on any atom is -0.192 e. The molecule has 0 heterocycles. The van der Waals surface area contributed by atoms with Gasteiger partial charge in [-0.05, 0) is 181 Å². The predicted octanol–water partition coefficient (Wildman–Crippen LogP) is 13.7. The molecular weight excluding hydrogens is 641 g/mol. The summed E-state index contributed by atoms with van der Waals surface area (Å²) in [5.41, 5.74) is 21.3. The largest absolute Gasteiger partial charge is 0.192 e. The van der Waals surface area contributed by atoms with Crippen molar-refractivity contribution >= 4 is 0 Å². The SMILES string of the molecule is Cc1cc(-c2c(C)cc(C#N)cc2C)ccc1-c1ccc(CCCCCCCc2ccc(-c3ccc(-c4c(C)cc(C#N)cc4C)cc3C)cc2)cc1. The molecule has 53 heavy (non-hydrogen) atoms. The number of hydrogen-bond donors (Lipinski definition) is 0. The molecule has 264 valence electrons. The Labute approximate surface area is 317 Å². The zero-order valence-electron chi connectivity index (χ0n) is 32.2. The molecule has 0 aliphatic carbocycles. The van der Waals surface area contributed by atoms with Crippen LogP contribution in [0.25, 0.3) is 44.5 Å². The van der Waals surface area contributed by atoms with Gasteiger partial charge in [-0.25, -0.2) is 0 Å². The fraction of sp³-hybridized carbons (Fsp3) is 0.255. The normalized spacial score (nSPS) is 10.9. The van der Waals surface area contributed by atoms with Crippen LogP contribution in [-0.4, -0.2) is 0 Å². The summed E-state index contributed by atoms with van der Waals surface area (Å²) < 4.78 is 0. The summed E-state index contributed by atoms with van der Waals surface area (Å²) in [4.78, 5) is 0. The molecule has 2 heteroatoms. The van der Waals surface area contributed by atoms with Gasteiger partial charge in [-0.2, -0.15) is 10.5 Å². The molecule has 0 N–H and O–H groups in total. The number of aryl methyl sites for hydroxylation is 8. The molecule has 0 radical (unpaired) electrons. The average Bonchev–Trinajstić information content (AvgIpc) is 3.14. The molecule has 6 rings (SSSR count). The molecule has 0 amide bonds. The van der Waals surface area contributed by atoms with Crippen LogP contribution in [0.4, 0.5) is 0 Å². The predicted molar refractivity (Wildman–Crippen MR) is 223 cm³/mol. The van der Waals surface area contributed by atoms with Crippen molar-refractivity contribution in [1.29, 1.82) is 10.5 Å². The zero-order valence-corrected chi connectivity index (χ0v) is 32.2. The van der Waals surface area contributed by atoms with E-state index in [9.17, 15) is 10.5 Å². The van der Waals surface area contributed by atoms with Crippen molar-refractivity contribution in [3.63, 3.8) is 0 Å². The maximum Gasteiger partial charge on any atom is 0.0991 e. The van der Waals surface area contributed by atoms with E-state index in [0.717, 1.165) is 46.2 Å². The van der Waals surface area contributed by atoms with Crippen LogP contribution in [0, 0.1) is 64.2 Å². The summed E-state index contributed by atoms with van der Waals surface area (Å²) in [5.74, 6) is 0. The van der Waals surface area contributed by atoms with Crippen LogP contribution in [-0.2, 0) is 12.8 Å². The standard InChI is InChI=1S/C51H50N2/c1-34-30-46(50-36(3)26-42(32-52)27-37(50)4)22-24-48(34)44-18-14-40(15-19-44)12-10-8-7-9-11-13-41-16-20-45(21-17-41)49-25-23-47(31-35(49)2)51-38(5)28-43(33-53)29-39(51)6/h14-31H,7-13H2,1-6H3. The first-order valence-electron chi connectivity index (χ1n) is 19.1. The minimum absolute atomic E-state index is 0.719. The molecule has 2 nitrogen and oxygen atoms in total. The smallest absolute Gasteiger partial charge is 0.0991 e. The Balaban J connectivity index is 0.942. The van der Waals surface area contributed by atoms with Gasteiger partial charge in [-0.15, -0.1) is 0 Å². The third kappa shape index (κ3) is 8.68. The van der Waals surface area contributed by atoms with Crippen molar-refractivity contribution < 1.29 is 0 Å². The molecule has 0 bridgehead atoms. The van der Waals surface area contributed by atoms with Crippen LogP contribution in [0.1, 0.15) is 87.7 Å². The number of benzene rings is 6. The highest BCUT2D eigenvalue weighted by Gasteiger charge is 2.12. The van der Waals surface area contributed by atoms with Crippen LogP contribution >= 0.6 is 0 Å². The van der Waals surface area contributed by atoms with Gasteiger partial charge in [-0.3, -0.25) is 0 Å². The van der Waals surface area contributed by atoms with E-state index >= 15 is 0 Å². The number of nitrogens with zero attached hydrogens (tertiary/aromatic N) is 2. The van der Waals surface area contributed by atoms with Gasteiger partial charge in [0.2, 0.25) is 0 Å². The van der Waals surface area contributed by atoms with E-state index in [1.54, 1.807) is 0 Å². The molecule has 0 atom stereocenters. The maximum absolute atomic E-state index is 9.33. The van der Waals surface area contributed by atoms with Crippen molar-refractivity contribution in [2.75, 3.05) is 0 Å². The van der Waals surface area contributed by atoms with Crippen LogP contribution in [0.5, 0.6) is 0 Å². The van der Waals surface area contributed by atoms with Crippen LogP contribution in [0.15, 0.2) is 109 Å². The molecule has 0 aliphatic heterocycles. The van der Waals surface area contributed by atoms with Gasteiger partial charge in [0.15, 0.2) is 0 Å². The van der Waals surface area contributed by atoms with Crippen molar-refractivity contribution in [3.05, 3.63) is 165 Å². The van der Waals surface area contributed by atoms with Crippen molar-refractivity contribution in [2.24, 2.45) is 0 Å². The lowest BCUT2D eigenvalue weighted by molar-refractivity contribution is 0.613. The van der Waals surface area contributed by atoms with Crippen molar-refractivity contribution in [3.8, 4) is 56.6 Å². The highest BCUT2D eigenvalue weighted by atomic mass is 14.3. The average molecular weight is 691 g/mol. The fourth-order valence-electron chi connectivity index (χ4n) is 8.14. The first-order valence-corrected chi connectivity index (χ1v) is 19.1. The Morgan fingerprint density at radius 2 is 0.679 bits per heavy atom. The van der Waals surface area contributed by atoms with E-state index in [2.05, 4.69) is 139 Å². The minimum atomic E-state index is 0.719. The van der Waals surface area contributed by atoms with Gasteiger partial charge in [0.25, 0.3) is 0 Å². The van der Waals surface area contributed by atoms with E-state index in [4.69, 9.17) is 0 Å². The number of nitriles is 2. The van der Waals surface area contributed by atoms with Gasteiger partial charge in [-0.1, -0.05) is 104 Å². The molecule has 0 saturated heterocycles. The first kappa shape index (κ1) is 37.1. The van der Waals surface area contributed by atoms with Gasteiger partial charge in [0.1, 0.15) is 0 Å². The van der Waals surface area contributed by atoms with Gasteiger partial charge in [0.05, 0.1) is 23.3 Å². The second kappa shape index (κ2) is 16.8. The summed E-state index contributed by atoms with van der Waals surface area (Å²) in [6, 6.07) is 44.2. The van der Waals surface area contributed by atoms with E-state index in [1.807, 2.05) is 24.3 Å². The first-order chi connectivity index (χ1) is 25.6. The Bertz CT molecular complexity index is 2110. The molecule has 0 unspecified atom stereocenters. The quantitative estimate of drug-likeness (QED) is 0.120. The summed E-state index contributed by atoms with van der Waals surface area (Å²) in [6.45, 7) is 12.8. The molecule has 0 aliphatic rings. The summed E-state index contributed by atoms with van der Waals surface area (Å²) >= 11 is 0. The molecule has 0 spiro atoms.